The molecule has 0 saturated heterocycles. The van der Waals surface area contributed by atoms with E-state index in [9.17, 15) is 0 Å². The lowest BCUT2D eigenvalue weighted by atomic mass is 10.1. The van der Waals surface area contributed by atoms with E-state index < -0.39 is 0 Å². The molecule has 0 radical (unpaired) electrons. The van der Waals surface area contributed by atoms with Crippen LogP contribution < -0.4 is 0 Å². The topological polar surface area (TPSA) is 0 Å². The molecule has 0 aromatic heterocycles. The molecule has 0 rings (SSSR count). The van der Waals surface area contributed by atoms with E-state index in [1.807, 2.05) is 0 Å². The molecular weight excluding hydrogens is 160 g/mol. The van der Waals surface area contributed by atoms with Crippen molar-refractivity contribution < 1.29 is 0 Å². The van der Waals surface area contributed by atoms with Gasteiger partial charge in [-0.3, -0.25) is 0 Å². The van der Waals surface area contributed by atoms with E-state index in [1.54, 1.807) is 0 Å². The highest BCUT2D eigenvalue weighted by molar-refractivity contribution is 7.81. The van der Waals surface area contributed by atoms with E-state index in [-0.39, 0.29) is 0 Å². The van der Waals surface area contributed by atoms with Gasteiger partial charge in [0.25, 0.3) is 0 Å². The molecule has 0 amide bonds. The van der Waals surface area contributed by atoms with Gasteiger partial charge in [0.1, 0.15) is 0 Å². The van der Waals surface area contributed by atoms with Crippen LogP contribution in [-0.4, -0.2) is 11.5 Å². The maximum absolute atomic E-state index is 4.25. The van der Waals surface area contributed by atoms with Crippen molar-refractivity contribution in [2.75, 3.05) is 11.5 Å². The van der Waals surface area contributed by atoms with Gasteiger partial charge in [-0.25, -0.2) is 0 Å². The van der Waals surface area contributed by atoms with Crippen molar-refractivity contribution in [2.45, 2.75) is 32.6 Å². The summed E-state index contributed by atoms with van der Waals surface area (Å²) < 4.78 is 0. The van der Waals surface area contributed by atoms with E-state index >= 15 is 0 Å². The van der Waals surface area contributed by atoms with Gasteiger partial charge < -0.3 is 0 Å². The standard InChI is InChI=1S/C8H18S2/c1-2-3-4-5-8(6-9)7-10/h8-10H,2-7H2,1H3. The molecule has 10 heavy (non-hydrogen) atoms. The smallest absolute Gasteiger partial charge is 0.00617 e. The lowest BCUT2D eigenvalue weighted by molar-refractivity contribution is 0.550. The minimum atomic E-state index is 0.734. The first kappa shape index (κ1) is 10.7. The summed E-state index contributed by atoms with van der Waals surface area (Å²) in [5, 5.41) is 0. The van der Waals surface area contributed by atoms with Crippen molar-refractivity contribution in [1.82, 2.24) is 0 Å². The first-order chi connectivity index (χ1) is 4.85. The Bertz CT molecular complexity index is 60.3. The van der Waals surface area contributed by atoms with Crippen molar-refractivity contribution in [3.63, 3.8) is 0 Å². The van der Waals surface area contributed by atoms with Gasteiger partial charge in [-0.15, -0.1) is 0 Å². The highest BCUT2D eigenvalue weighted by Crippen LogP contribution is 2.12. The summed E-state index contributed by atoms with van der Waals surface area (Å²) in [5.74, 6) is 2.72. The first-order valence-electron chi connectivity index (χ1n) is 4.06. The summed E-state index contributed by atoms with van der Waals surface area (Å²) in [6, 6.07) is 0. The lowest BCUT2D eigenvalue weighted by Gasteiger charge is -2.09. The van der Waals surface area contributed by atoms with Crippen LogP contribution in [0.5, 0.6) is 0 Å². The van der Waals surface area contributed by atoms with Crippen molar-refractivity contribution in [1.29, 1.82) is 0 Å². The van der Waals surface area contributed by atoms with E-state index in [0.717, 1.165) is 17.4 Å². The molecule has 0 spiro atoms. The van der Waals surface area contributed by atoms with Crippen LogP contribution in [0.3, 0.4) is 0 Å². The van der Waals surface area contributed by atoms with Gasteiger partial charge in [0, 0.05) is 0 Å². The normalized spacial score (nSPS) is 10.8. The van der Waals surface area contributed by atoms with E-state index in [4.69, 9.17) is 0 Å². The van der Waals surface area contributed by atoms with Gasteiger partial charge in [0.2, 0.25) is 0 Å². The Balaban J connectivity index is 3.09. The third-order valence-corrected chi connectivity index (χ3v) is 2.77. The molecule has 0 aliphatic carbocycles. The fraction of sp³-hybridized carbons (Fsp3) is 1.00. The van der Waals surface area contributed by atoms with E-state index in [0.29, 0.717) is 0 Å². The molecule has 0 heterocycles. The van der Waals surface area contributed by atoms with E-state index in [2.05, 4.69) is 32.2 Å². The highest BCUT2D eigenvalue weighted by Gasteiger charge is 2.02. The minimum Gasteiger partial charge on any atom is -0.179 e. The number of thiol groups is 2. The molecule has 0 aliphatic heterocycles. The Hall–Kier alpha value is 0.700. The van der Waals surface area contributed by atoms with Gasteiger partial charge in [0.15, 0.2) is 0 Å². The van der Waals surface area contributed by atoms with Crippen molar-refractivity contribution >= 4 is 25.3 Å². The highest BCUT2D eigenvalue weighted by atomic mass is 32.1. The summed E-state index contributed by atoms with van der Waals surface area (Å²) in [6.07, 6.45) is 5.33. The Morgan fingerprint density at radius 1 is 1.10 bits per heavy atom. The molecule has 0 N–H and O–H groups in total. The van der Waals surface area contributed by atoms with Crippen molar-refractivity contribution in [3.05, 3.63) is 0 Å². The van der Waals surface area contributed by atoms with Gasteiger partial charge in [0.05, 0.1) is 0 Å². The summed E-state index contributed by atoms with van der Waals surface area (Å²) in [6.45, 7) is 2.23. The Morgan fingerprint density at radius 2 is 1.70 bits per heavy atom. The van der Waals surface area contributed by atoms with Crippen LogP contribution in [0.1, 0.15) is 32.6 Å². The summed E-state index contributed by atoms with van der Waals surface area (Å²) in [5.41, 5.74) is 0. The lowest BCUT2D eigenvalue weighted by Crippen LogP contribution is -2.03. The monoisotopic (exact) mass is 178 g/mol. The van der Waals surface area contributed by atoms with Crippen LogP contribution in [0.4, 0.5) is 0 Å². The molecule has 0 bridgehead atoms. The first-order valence-corrected chi connectivity index (χ1v) is 5.33. The fourth-order valence-electron chi connectivity index (χ4n) is 0.923. The summed E-state index contributed by atoms with van der Waals surface area (Å²) >= 11 is 8.50. The van der Waals surface area contributed by atoms with Crippen LogP contribution in [0.15, 0.2) is 0 Å². The van der Waals surface area contributed by atoms with Crippen LogP contribution >= 0.6 is 25.3 Å². The van der Waals surface area contributed by atoms with Gasteiger partial charge in [-0.2, -0.15) is 25.3 Å². The molecule has 2 heteroatoms. The van der Waals surface area contributed by atoms with Crippen molar-refractivity contribution in [3.8, 4) is 0 Å². The van der Waals surface area contributed by atoms with Gasteiger partial charge >= 0.3 is 0 Å². The zero-order valence-electron chi connectivity index (χ0n) is 6.71. The predicted molar refractivity (Wildman–Crippen MR) is 55.3 cm³/mol. The summed E-state index contributed by atoms with van der Waals surface area (Å²) in [7, 11) is 0. The number of hydrogen-bond donors (Lipinski definition) is 2. The average Bonchev–Trinajstić information content (AvgIpc) is 1.99. The van der Waals surface area contributed by atoms with Gasteiger partial charge in [-0.05, 0) is 23.8 Å². The molecule has 0 unspecified atom stereocenters. The maximum Gasteiger partial charge on any atom is -0.00617 e. The second-order valence-electron chi connectivity index (χ2n) is 2.73. The molecule has 0 nitrogen and oxygen atoms in total. The third kappa shape index (κ3) is 5.48. The summed E-state index contributed by atoms with van der Waals surface area (Å²) in [4.78, 5) is 0. The number of unbranched alkanes of at least 4 members (excludes halogenated alkanes) is 2. The molecule has 0 atom stereocenters. The number of rotatable bonds is 6. The number of hydrogen-bond acceptors (Lipinski definition) is 2. The molecule has 0 aromatic carbocycles. The molecule has 0 fully saturated rings. The molecule has 0 saturated carbocycles. The van der Waals surface area contributed by atoms with Gasteiger partial charge in [-0.1, -0.05) is 26.2 Å². The Morgan fingerprint density at radius 3 is 2.10 bits per heavy atom. The third-order valence-electron chi connectivity index (χ3n) is 1.73. The maximum atomic E-state index is 4.25. The zero-order valence-corrected chi connectivity index (χ0v) is 8.50. The predicted octanol–water partition coefficient (Wildman–Crippen LogP) is 3.04. The molecular formula is C8H18S2. The molecule has 0 aliphatic rings. The van der Waals surface area contributed by atoms with Crippen LogP contribution in [0.25, 0.3) is 0 Å². The molecule has 62 valence electrons. The zero-order chi connectivity index (χ0) is 7.82. The minimum absolute atomic E-state index is 0.734. The quantitative estimate of drug-likeness (QED) is 0.453. The Labute approximate surface area is 75.6 Å². The van der Waals surface area contributed by atoms with Crippen LogP contribution in [0, 0.1) is 5.92 Å². The largest absolute Gasteiger partial charge is 0.179 e. The average molecular weight is 178 g/mol. The van der Waals surface area contributed by atoms with E-state index in [1.165, 1.54) is 25.7 Å². The SMILES string of the molecule is CCCCCC(CS)CS. The second-order valence-corrected chi connectivity index (χ2v) is 3.46. The fourth-order valence-corrected chi connectivity index (χ4v) is 1.75. The second kappa shape index (κ2) is 7.80. The Kier molecular flexibility index (Phi) is 8.35. The van der Waals surface area contributed by atoms with Crippen LogP contribution in [-0.2, 0) is 0 Å². The molecule has 0 aromatic rings. The van der Waals surface area contributed by atoms with Crippen molar-refractivity contribution in [2.24, 2.45) is 5.92 Å². The van der Waals surface area contributed by atoms with Crippen LogP contribution in [0.2, 0.25) is 0 Å².